The lowest BCUT2D eigenvalue weighted by Crippen LogP contribution is -2.41. The first-order chi connectivity index (χ1) is 13.7. The van der Waals surface area contributed by atoms with Crippen LogP contribution >= 0.6 is 0 Å². The molecule has 1 amide bonds. The average molecular weight is 383 g/mol. The zero-order valence-electron chi connectivity index (χ0n) is 16.7. The first kappa shape index (κ1) is 19.2. The molecular weight excluding hydrogens is 352 g/mol. The molecule has 28 heavy (non-hydrogen) atoms. The van der Waals surface area contributed by atoms with E-state index in [2.05, 4.69) is 17.5 Å². The summed E-state index contributed by atoms with van der Waals surface area (Å²) >= 11 is 0. The molecule has 2 fully saturated rings. The van der Waals surface area contributed by atoms with Crippen LogP contribution in [0.15, 0.2) is 36.9 Å². The van der Waals surface area contributed by atoms with Crippen LogP contribution in [0.1, 0.15) is 43.2 Å². The van der Waals surface area contributed by atoms with Gasteiger partial charge < -0.3 is 14.4 Å². The molecule has 5 heteroatoms. The van der Waals surface area contributed by atoms with E-state index in [1.165, 1.54) is 12.8 Å². The van der Waals surface area contributed by atoms with Crippen LogP contribution in [0.5, 0.6) is 0 Å². The number of hydrogen-bond acceptors (Lipinski definition) is 4. The van der Waals surface area contributed by atoms with E-state index in [1.807, 2.05) is 23.1 Å². The molecule has 3 aliphatic rings. The number of hydrogen-bond donors (Lipinski definition) is 0. The van der Waals surface area contributed by atoms with Crippen LogP contribution in [0.3, 0.4) is 0 Å². The van der Waals surface area contributed by atoms with Crippen LogP contribution in [0, 0.1) is 0 Å². The van der Waals surface area contributed by atoms with Crippen molar-refractivity contribution in [1.29, 1.82) is 0 Å². The van der Waals surface area contributed by atoms with E-state index in [0.717, 1.165) is 55.6 Å². The molecule has 1 unspecified atom stereocenters. The number of amides is 1. The Morgan fingerprint density at radius 1 is 1.25 bits per heavy atom. The third-order valence-electron chi connectivity index (χ3n) is 6.21. The van der Waals surface area contributed by atoms with Gasteiger partial charge in [-0.1, -0.05) is 43.7 Å². The van der Waals surface area contributed by atoms with Gasteiger partial charge in [-0.25, -0.2) is 0 Å². The number of benzene rings is 1. The molecule has 0 radical (unpaired) electrons. The van der Waals surface area contributed by atoms with Crippen molar-refractivity contribution < 1.29 is 14.3 Å². The Kier molecular flexibility index (Phi) is 5.83. The van der Waals surface area contributed by atoms with E-state index in [0.29, 0.717) is 24.6 Å². The van der Waals surface area contributed by atoms with Crippen LogP contribution in [0.2, 0.25) is 0 Å². The van der Waals surface area contributed by atoms with Gasteiger partial charge in [0.25, 0.3) is 5.91 Å². The zero-order chi connectivity index (χ0) is 19.5. The van der Waals surface area contributed by atoms with E-state index in [4.69, 9.17) is 9.47 Å². The Hall–Kier alpha value is -2.11. The summed E-state index contributed by atoms with van der Waals surface area (Å²) in [5, 5.41) is 0. The number of carbonyl (C=O) groups excluding carboxylic acids is 1. The summed E-state index contributed by atoms with van der Waals surface area (Å²) in [4.78, 5) is 17.0. The van der Waals surface area contributed by atoms with Crippen molar-refractivity contribution in [3.05, 3.63) is 48.0 Å². The highest BCUT2D eigenvalue weighted by Gasteiger charge is 2.30. The molecule has 2 aliphatic heterocycles. The molecule has 150 valence electrons. The fourth-order valence-electron chi connectivity index (χ4n) is 4.59. The molecule has 5 nitrogen and oxygen atoms in total. The van der Waals surface area contributed by atoms with E-state index in [-0.39, 0.29) is 5.91 Å². The Morgan fingerprint density at radius 3 is 2.75 bits per heavy atom. The Balaban J connectivity index is 1.49. The van der Waals surface area contributed by atoms with Crippen molar-refractivity contribution in [1.82, 2.24) is 9.80 Å². The lowest BCUT2D eigenvalue weighted by molar-refractivity contribution is -0.134. The molecular formula is C23H30N2O3. The van der Waals surface area contributed by atoms with Gasteiger partial charge in [0.05, 0.1) is 6.10 Å². The quantitative estimate of drug-likeness (QED) is 0.755. The molecule has 4 rings (SSSR count). The van der Waals surface area contributed by atoms with Gasteiger partial charge >= 0.3 is 0 Å². The molecule has 2 heterocycles. The number of ether oxygens (including phenoxy) is 2. The van der Waals surface area contributed by atoms with Crippen LogP contribution in [-0.2, 0) is 14.3 Å². The normalized spacial score (nSPS) is 23.8. The summed E-state index contributed by atoms with van der Waals surface area (Å²) in [5.41, 5.74) is 3.05. The molecule has 1 saturated carbocycles. The van der Waals surface area contributed by atoms with Gasteiger partial charge in [-0.3, -0.25) is 9.69 Å². The molecule has 1 atom stereocenters. The highest BCUT2D eigenvalue weighted by molar-refractivity contribution is 5.96. The maximum Gasteiger partial charge on any atom is 0.253 e. The van der Waals surface area contributed by atoms with Crippen molar-refractivity contribution >= 4 is 17.2 Å². The van der Waals surface area contributed by atoms with Gasteiger partial charge in [-0.2, -0.15) is 0 Å². The molecule has 0 spiro atoms. The number of methoxy groups -OCH3 is 1. The first-order valence-corrected chi connectivity index (χ1v) is 10.3. The summed E-state index contributed by atoms with van der Waals surface area (Å²) in [6.45, 7) is 7.43. The second-order valence-electron chi connectivity index (χ2n) is 8.06. The summed E-state index contributed by atoms with van der Waals surface area (Å²) in [7, 11) is 1.77. The van der Waals surface area contributed by atoms with Crippen molar-refractivity contribution in [3.63, 3.8) is 0 Å². The number of carbonyl (C=O) groups is 1. The molecule has 0 bridgehead atoms. The SMILES string of the molecule is C=C(CN1CCC(OC)C1)c1ccccc1C1=CC(=O)N(C2CCCC2)CO1. The van der Waals surface area contributed by atoms with Gasteiger partial charge in [0.2, 0.25) is 0 Å². The smallest absolute Gasteiger partial charge is 0.253 e. The van der Waals surface area contributed by atoms with Crippen molar-refractivity contribution in [2.24, 2.45) is 0 Å². The van der Waals surface area contributed by atoms with E-state index >= 15 is 0 Å². The lowest BCUT2D eigenvalue weighted by Gasteiger charge is -2.32. The Morgan fingerprint density at radius 2 is 2.04 bits per heavy atom. The fourth-order valence-corrected chi connectivity index (χ4v) is 4.59. The topological polar surface area (TPSA) is 42.0 Å². The van der Waals surface area contributed by atoms with E-state index in [9.17, 15) is 4.79 Å². The summed E-state index contributed by atoms with van der Waals surface area (Å²) in [6, 6.07) is 8.43. The molecule has 1 aliphatic carbocycles. The van der Waals surface area contributed by atoms with Gasteiger partial charge in [-0.15, -0.1) is 0 Å². The van der Waals surface area contributed by atoms with E-state index < -0.39 is 0 Å². The monoisotopic (exact) mass is 382 g/mol. The Labute approximate surface area is 167 Å². The highest BCUT2D eigenvalue weighted by atomic mass is 16.5. The summed E-state index contributed by atoms with van der Waals surface area (Å²) in [6.07, 6.45) is 7.61. The minimum atomic E-state index is 0.0658. The molecule has 0 N–H and O–H groups in total. The van der Waals surface area contributed by atoms with Crippen LogP contribution < -0.4 is 0 Å². The Bertz CT molecular complexity index is 767. The fraction of sp³-hybridized carbons (Fsp3) is 0.522. The highest BCUT2D eigenvalue weighted by Crippen LogP contribution is 2.31. The van der Waals surface area contributed by atoms with Gasteiger partial charge in [0, 0.05) is 44.4 Å². The maximum absolute atomic E-state index is 12.7. The lowest BCUT2D eigenvalue weighted by atomic mass is 9.98. The van der Waals surface area contributed by atoms with Crippen LogP contribution in [-0.4, -0.2) is 61.3 Å². The van der Waals surface area contributed by atoms with Gasteiger partial charge in [-0.05, 0) is 30.4 Å². The van der Waals surface area contributed by atoms with Crippen molar-refractivity contribution in [2.45, 2.75) is 44.2 Å². The van der Waals surface area contributed by atoms with Crippen LogP contribution in [0.4, 0.5) is 0 Å². The van der Waals surface area contributed by atoms with Crippen LogP contribution in [0.25, 0.3) is 11.3 Å². The summed E-state index contributed by atoms with van der Waals surface area (Å²) < 4.78 is 11.5. The molecule has 0 aromatic heterocycles. The third kappa shape index (κ3) is 4.01. The first-order valence-electron chi connectivity index (χ1n) is 10.3. The number of nitrogens with zero attached hydrogens (tertiary/aromatic N) is 2. The van der Waals surface area contributed by atoms with Gasteiger partial charge in [0.15, 0.2) is 6.73 Å². The maximum atomic E-state index is 12.7. The van der Waals surface area contributed by atoms with Crippen molar-refractivity contribution in [3.8, 4) is 0 Å². The zero-order valence-corrected chi connectivity index (χ0v) is 16.7. The largest absolute Gasteiger partial charge is 0.472 e. The van der Waals surface area contributed by atoms with Crippen molar-refractivity contribution in [2.75, 3.05) is 33.5 Å². The predicted octanol–water partition coefficient (Wildman–Crippen LogP) is 3.52. The number of rotatable bonds is 6. The third-order valence-corrected chi connectivity index (χ3v) is 6.21. The van der Waals surface area contributed by atoms with Gasteiger partial charge in [0.1, 0.15) is 5.76 Å². The molecule has 1 aromatic carbocycles. The number of likely N-dealkylation sites (tertiary alicyclic amines) is 1. The average Bonchev–Trinajstić information content (AvgIpc) is 3.40. The minimum Gasteiger partial charge on any atom is -0.472 e. The minimum absolute atomic E-state index is 0.0658. The summed E-state index contributed by atoms with van der Waals surface area (Å²) in [5.74, 6) is 0.725. The van der Waals surface area contributed by atoms with E-state index in [1.54, 1.807) is 13.2 Å². The standard InChI is InChI=1S/C23H30N2O3/c1-17(14-24-12-11-19(15-24)27-2)20-9-5-6-10-21(20)22-13-23(26)25(16-28-22)18-7-3-4-8-18/h5-6,9-10,13,18-19H,1,3-4,7-8,11-12,14-16H2,2H3. The molecule has 1 saturated heterocycles. The second kappa shape index (κ2) is 8.50. The second-order valence-corrected chi connectivity index (χ2v) is 8.06. The predicted molar refractivity (Wildman–Crippen MR) is 110 cm³/mol. The molecule has 1 aromatic rings.